The normalized spacial score (nSPS) is 24.1. The molecular formula is C26H35N3O6. The molecule has 0 unspecified atom stereocenters. The molecule has 0 aromatic heterocycles. The van der Waals surface area contributed by atoms with Gasteiger partial charge in [-0.05, 0) is 29.5 Å². The van der Waals surface area contributed by atoms with Gasteiger partial charge in [0, 0.05) is 25.2 Å². The Labute approximate surface area is 206 Å². The molecule has 3 rings (SSSR count). The molecule has 1 heterocycles. The summed E-state index contributed by atoms with van der Waals surface area (Å²) in [6, 6.07) is 19.6. The van der Waals surface area contributed by atoms with Gasteiger partial charge in [-0.25, -0.2) is 0 Å². The van der Waals surface area contributed by atoms with Crippen LogP contribution in [0.3, 0.4) is 0 Å². The summed E-state index contributed by atoms with van der Waals surface area (Å²) in [6.07, 6.45) is -1.04. The summed E-state index contributed by atoms with van der Waals surface area (Å²) in [6.45, 7) is 1.97. The van der Waals surface area contributed by atoms with Gasteiger partial charge in [0.2, 0.25) is 0 Å². The van der Waals surface area contributed by atoms with Crippen LogP contribution in [0.15, 0.2) is 65.8 Å². The number of hydrogen-bond acceptors (Lipinski definition) is 7. The van der Waals surface area contributed by atoms with Crippen molar-refractivity contribution in [2.75, 3.05) is 26.9 Å². The Hall–Kier alpha value is -2.49. The second-order valence-electron chi connectivity index (χ2n) is 8.38. The van der Waals surface area contributed by atoms with Crippen molar-refractivity contribution in [2.24, 2.45) is 5.11 Å². The quantitative estimate of drug-likeness (QED) is 0.173. The van der Waals surface area contributed by atoms with Gasteiger partial charge in [-0.15, -0.1) is 0 Å². The summed E-state index contributed by atoms with van der Waals surface area (Å²) < 4.78 is 29.8. The molecule has 9 heteroatoms. The summed E-state index contributed by atoms with van der Waals surface area (Å²) in [5, 5.41) is 14.5. The van der Waals surface area contributed by atoms with Crippen molar-refractivity contribution in [1.82, 2.24) is 0 Å². The number of ether oxygens (including phenoxy) is 5. The highest BCUT2D eigenvalue weighted by Crippen LogP contribution is 2.28. The zero-order chi connectivity index (χ0) is 24.7. The first kappa shape index (κ1) is 27.1. The lowest BCUT2D eigenvalue weighted by Gasteiger charge is -2.43. The van der Waals surface area contributed by atoms with Gasteiger partial charge in [0.15, 0.2) is 6.29 Å². The third-order valence-electron chi connectivity index (χ3n) is 5.81. The van der Waals surface area contributed by atoms with E-state index in [-0.39, 0.29) is 6.61 Å². The molecule has 0 spiro atoms. The zero-order valence-corrected chi connectivity index (χ0v) is 20.1. The monoisotopic (exact) mass is 485 g/mol. The number of aliphatic hydroxyl groups excluding tert-OH is 1. The lowest BCUT2D eigenvalue weighted by molar-refractivity contribution is -0.313. The Kier molecular flexibility index (Phi) is 12.0. The van der Waals surface area contributed by atoms with E-state index in [0.717, 1.165) is 30.4 Å². The smallest absolute Gasteiger partial charge is 0.186 e. The average molecular weight is 486 g/mol. The number of aliphatic hydroxyl groups is 1. The fourth-order valence-electron chi connectivity index (χ4n) is 3.96. The topological polar surface area (TPSA) is 115 Å². The Balaban J connectivity index is 1.64. The van der Waals surface area contributed by atoms with E-state index >= 15 is 0 Å². The Bertz CT molecular complexity index is 881. The Morgan fingerprint density at radius 1 is 0.914 bits per heavy atom. The average Bonchev–Trinajstić information content (AvgIpc) is 2.90. The highest BCUT2D eigenvalue weighted by molar-refractivity contribution is 5.14. The number of azide groups is 1. The predicted octanol–water partition coefficient (Wildman–Crippen LogP) is 4.39. The van der Waals surface area contributed by atoms with E-state index in [4.69, 9.17) is 29.2 Å². The molecule has 1 aliphatic rings. The van der Waals surface area contributed by atoms with Crippen LogP contribution in [-0.2, 0) is 36.9 Å². The number of methoxy groups -OCH3 is 1. The Morgan fingerprint density at radius 3 is 2.14 bits per heavy atom. The van der Waals surface area contributed by atoms with Crippen LogP contribution in [0.25, 0.3) is 10.4 Å². The van der Waals surface area contributed by atoms with E-state index in [1.165, 1.54) is 7.11 Å². The maximum absolute atomic E-state index is 11.0. The molecule has 2 aromatic rings. The van der Waals surface area contributed by atoms with E-state index in [1.807, 2.05) is 60.7 Å². The molecule has 1 fully saturated rings. The van der Waals surface area contributed by atoms with Crippen molar-refractivity contribution in [2.45, 2.75) is 63.2 Å². The maximum atomic E-state index is 11.0. The van der Waals surface area contributed by atoms with E-state index in [9.17, 15) is 5.11 Å². The number of hydrogen-bond donors (Lipinski definition) is 1. The first-order valence-electron chi connectivity index (χ1n) is 12.0. The van der Waals surface area contributed by atoms with Gasteiger partial charge in [0.1, 0.15) is 24.4 Å². The van der Waals surface area contributed by atoms with Crippen molar-refractivity contribution in [3.05, 3.63) is 82.2 Å². The third-order valence-corrected chi connectivity index (χ3v) is 5.81. The second-order valence-corrected chi connectivity index (χ2v) is 8.38. The van der Waals surface area contributed by atoms with E-state index in [1.54, 1.807) is 0 Å². The zero-order valence-electron chi connectivity index (χ0n) is 20.1. The number of rotatable bonds is 15. The molecule has 2 aromatic carbocycles. The van der Waals surface area contributed by atoms with Crippen LogP contribution in [0.1, 0.15) is 30.4 Å². The molecule has 1 N–H and O–H groups in total. The van der Waals surface area contributed by atoms with Gasteiger partial charge >= 0.3 is 0 Å². The van der Waals surface area contributed by atoms with Gasteiger partial charge < -0.3 is 28.8 Å². The van der Waals surface area contributed by atoms with Gasteiger partial charge in [0.25, 0.3) is 0 Å². The Morgan fingerprint density at radius 2 is 1.54 bits per heavy atom. The standard InChI is InChI=1S/C26H35N3O6/c1-31-26-23(30)25(34-18-21-13-7-3-8-14-21)24(33-17-20-11-5-2-6-12-20)22(35-26)19-32-16-10-4-9-15-28-29-27/h2-3,5-8,11-14,22-26,30H,4,9-10,15-19H2,1H3/t22-,23-,24-,25-,26-/m1/s1. The predicted molar refractivity (Wildman–Crippen MR) is 130 cm³/mol. The largest absolute Gasteiger partial charge is 0.385 e. The number of benzene rings is 2. The summed E-state index contributed by atoms with van der Waals surface area (Å²) in [4.78, 5) is 2.76. The highest BCUT2D eigenvalue weighted by Gasteiger charge is 2.47. The first-order valence-corrected chi connectivity index (χ1v) is 12.0. The summed E-state index contributed by atoms with van der Waals surface area (Å²) in [5.74, 6) is 0. The van der Waals surface area contributed by atoms with Crippen molar-refractivity contribution in [3.8, 4) is 0 Å². The molecule has 1 saturated heterocycles. The summed E-state index contributed by atoms with van der Waals surface area (Å²) in [5.41, 5.74) is 10.4. The van der Waals surface area contributed by atoms with Crippen molar-refractivity contribution in [1.29, 1.82) is 0 Å². The van der Waals surface area contributed by atoms with Gasteiger partial charge in [-0.2, -0.15) is 0 Å². The minimum Gasteiger partial charge on any atom is -0.385 e. The van der Waals surface area contributed by atoms with Gasteiger partial charge in [-0.3, -0.25) is 0 Å². The van der Waals surface area contributed by atoms with Crippen molar-refractivity contribution < 1.29 is 28.8 Å². The molecular weight excluding hydrogens is 450 g/mol. The van der Waals surface area contributed by atoms with Gasteiger partial charge in [-0.1, -0.05) is 72.2 Å². The first-order chi connectivity index (χ1) is 17.2. The second kappa shape index (κ2) is 15.5. The van der Waals surface area contributed by atoms with Crippen LogP contribution in [0.5, 0.6) is 0 Å². The fraction of sp³-hybridized carbons (Fsp3) is 0.538. The lowest BCUT2D eigenvalue weighted by Crippen LogP contribution is -2.60. The molecule has 0 bridgehead atoms. The SMILES string of the molecule is CO[C@@H]1O[C@H](COCCCCCN=[N+]=[N-])[C@@H](OCc2ccccc2)[C@H](OCc2ccccc2)[C@H]1O. The molecule has 5 atom stereocenters. The molecule has 9 nitrogen and oxygen atoms in total. The van der Waals surface area contributed by atoms with Crippen LogP contribution in [0, 0.1) is 0 Å². The summed E-state index contributed by atoms with van der Waals surface area (Å²) >= 11 is 0. The molecule has 0 aliphatic carbocycles. The van der Waals surface area contributed by atoms with Gasteiger partial charge in [0.05, 0.1) is 19.8 Å². The maximum Gasteiger partial charge on any atom is 0.186 e. The van der Waals surface area contributed by atoms with Crippen LogP contribution in [-0.4, -0.2) is 62.7 Å². The number of unbranched alkanes of at least 4 members (excludes halogenated alkanes) is 2. The van der Waals surface area contributed by atoms with Crippen molar-refractivity contribution >= 4 is 0 Å². The molecule has 0 amide bonds. The fourth-order valence-corrected chi connectivity index (χ4v) is 3.96. The molecule has 190 valence electrons. The highest BCUT2D eigenvalue weighted by atomic mass is 16.7. The lowest BCUT2D eigenvalue weighted by atomic mass is 9.98. The minimum atomic E-state index is -1.03. The van der Waals surface area contributed by atoms with Crippen LogP contribution < -0.4 is 0 Å². The van der Waals surface area contributed by atoms with E-state index in [0.29, 0.717) is 26.4 Å². The molecule has 0 radical (unpaired) electrons. The van der Waals surface area contributed by atoms with Crippen LogP contribution in [0.4, 0.5) is 0 Å². The van der Waals surface area contributed by atoms with Crippen molar-refractivity contribution in [3.63, 3.8) is 0 Å². The van der Waals surface area contributed by atoms with E-state index < -0.39 is 30.7 Å². The minimum absolute atomic E-state index is 0.271. The summed E-state index contributed by atoms with van der Waals surface area (Å²) in [7, 11) is 1.49. The third kappa shape index (κ3) is 8.91. The number of nitrogens with zero attached hydrogens (tertiary/aromatic N) is 3. The van der Waals surface area contributed by atoms with Crippen LogP contribution >= 0.6 is 0 Å². The van der Waals surface area contributed by atoms with Crippen LogP contribution in [0.2, 0.25) is 0 Å². The molecule has 1 aliphatic heterocycles. The molecule has 0 saturated carbocycles. The molecule has 35 heavy (non-hydrogen) atoms. The van der Waals surface area contributed by atoms with E-state index in [2.05, 4.69) is 10.0 Å².